The number of halogens is 1. The van der Waals surface area contributed by atoms with Crippen LogP contribution in [0.1, 0.15) is 23.3 Å². The average Bonchev–Trinajstić information content (AvgIpc) is 3.54. The molecular weight excluding hydrogens is 497 g/mol. The highest BCUT2D eigenvalue weighted by Gasteiger charge is 2.42. The van der Waals surface area contributed by atoms with Crippen molar-refractivity contribution in [2.24, 2.45) is 9.98 Å². The van der Waals surface area contributed by atoms with E-state index in [1.54, 1.807) is 30.3 Å². The van der Waals surface area contributed by atoms with Crippen LogP contribution in [-0.2, 0) is 27.5 Å². The first-order chi connectivity index (χ1) is 18.0. The number of hydrogen-bond acceptors (Lipinski definition) is 7. The summed E-state index contributed by atoms with van der Waals surface area (Å²) in [4.78, 5) is 48.8. The van der Waals surface area contributed by atoms with Crippen molar-refractivity contribution in [2.45, 2.75) is 25.6 Å². The minimum absolute atomic E-state index is 0.0294. The van der Waals surface area contributed by atoms with Crippen LogP contribution >= 0.6 is 11.8 Å². The average molecular weight is 520 g/mol. The van der Waals surface area contributed by atoms with Crippen LogP contribution in [0.5, 0.6) is 0 Å². The maximum Gasteiger partial charge on any atom is 0.259 e. The number of furan rings is 1. The standard InChI is InChI=1S/C26H22FN5O4S/c27-17-9-7-16(8-10-17)13-28-22(33)12-21-25(35)32-24(30-21)19-5-1-2-6-20(19)31-26(32)37-15-23(34)29-14-18-4-3-11-36-18/h1-11,21H,12-15H2,(H,28,33)(H,29,34). The molecule has 2 N–H and O–H groups in total. The molecule has 0 spiro atoms. The third-order valence-corrected chi connectivity index (χ3v) is 6.64. The Kier molecular flexibility index (Phi) is 7.13. The van der Waals surface area contributed by atoms with Gasteiger partial charge in [0.1, 0.15) is 23.5 Å². The number of benzene rings is 2. The summed E-state index contributed by atoms with van der Waals surface area (Å²) < 4.78 is 18.3. The van der Waals surface area contributed by atoms with E-state index in [-0.39, 0.29) is 48.8 Å². The number of amidine groups is 2. The lowest BCUT2D eigenvalue weighted by molar-refractivity contribution is -0.128. The molecule has 5 rings (SSSR count). The fraction of sp³-hybridized carbons (Fsp3) is 0.192. The normalized spacial score (nSPS) is 16.0. The Bertz CT molecular complexity index is 1390. The second-order valence-corrected chi connectivity index (χ2v) is 9.25. The fourth-order valence-electron chi connectivity index (χ4n) is 3.86. The first-order valence-electron chi connectivity index (χ1n) is 11.5. The Hall–Kier alpha value is -4.25. The predicted molar refractivity (Wildman–Crippen MR) is 137 cm³/mol. The molecule has 2 aromatic carbocycles. The minimum Gasteiger partial charge on any atom is -0.467 e. The highest BCUT2D eigenvalue weighted by molar-refractivity contribution is 8.14. The van der Waals surface area contributed by atoms with Gasteiger partial charge in [-0.15, -0.1) is 0 Å². The zero-order chi connectivity index (χ0) is 25.8. The number of nitrogens with one attached hydrogen (secondary N) is 2. The van der Waals surface area contributed by atoms with E-state index < -0.39 is 6.04 Å². The van der Waals surface area contributed by atoms with Crippen LogP contribution in [0.15, 0.2) is 81.3 Å². The van der Waals surface area contributed by atoms with Crippen LogP contribution in [0, 0.1) is 5.82 Å². The Morgan fingerprint density at radius 3 is 2.57 bits per heavy atom. The number of nitrogens with zero attached hydrogens (tertiary/aromatic N) is 3. The smallest absolute Gasteiger partial charge is 0.259 e. The van der Waals surface area contributed by atoms with Crippen molar-refractivity contribution < 1.29 is 23.2 Å². The van der Waals surface area contributed by atoms with E-state index in [4.69, 9.17) is 4.42 Å². The Balaban J connectivity index is 1.25. The molecule has 0 saturated carbocycles. The fourth-order valence-corrected chi connectivity index (χ4v) is 4.69. The quantitative estimate of drug-likeness (QED) is 0.474. The number of rotatable bonds is 8. The van der Waals surface area contributed by atoms with E-state index >= 15 is 0 Å². The van der Waals surface area contributed by atoms with Crippen LogP contribution < -0.4 is 10.6 Å². The van der Waals surface area contributed by atoms with Gasteiger partial charge in [-0.3, -0.25) is 19.4 Å². The molecular formula is C26H22FN5O4S. The number of para-hydroxylation sites is 1. The van der Waals surface area contributed by atoms with Crippen molar-refractivity contribution in [2.75, 3.05) is 5.75 Å². The summed E-state index contributed by atoms with van der Waals surface area (Å²) in [5, 5.41) is 5.83. The van der Waals surface area contributed by atoms with E-state index in [0.29, 0.717) is 28.0 Å². The largest absolute Gasteiger partial charge is 0.467 e. The maximum absolute atomic E-state index is 13.3. The van der Waals surface area contributed by atoms with Gasteiger partial charge in [0.15, 0.2) is 5.17 Å². The van der Waals surface area contributed by atoms with Crippen LogP contribution in [-0.4, -0.2) is 45.4 Å². The number of hydrogen-bond donors (Lipinski definition) is 2. The van der Waals surface area contributed by atoms with Gasteiger partial charge >= 0.3 is 0 Å². The summed E-state index contributed by atoms with van der Waals surface area (Å²) in [5.74, 6) is -0.277. The topological polar surface area (TPSA) is 116 Å². The Morgan fingerprint density at radius 2 is 1.78 bits per heavy atom. The number of aliphatic imine (C=N–C) groups is 2. The highest BCUT2D eigenvalue weighted by Crippen LogP contribution is 2.34. The molecule has 1 aromatic heterocycles. The zero-order valence-corrected chi connectivity index (χ0v) is 20.3. The lowest BCUT2D eigenvalue weighted by Crippen LogP contribution is -2.42. The number of fused-ring (bicyclic) bond motifs is 3. The van der Waals surface area contributed by atoms with Crippen molar-refractivity contribution in [3.63, 3.8) is 0 Å². The monoisotopic (exact) mass is 519 g/mol. The number of carbonyl (C=O) groups is 3. The van der Waals surface area contributed by atoms with E-state index in [9.17, 15) is 18.8 Å². The van der Waals surface area contributed by atoms with Crippen LogP contribution in [0.3, 0.4) is 0 Å². The second-order valence-electron chi connectivity index (χ2n) is 8.31. The van der Waals surface area contributed by atoms with Gasteiger partial charge < -0.3 is 15.1 Å². The first kappa shape index (κ1) is 24.4. The lowest BCUT2D eigenvalue weighted by Gasteiger charge is -2.25. The molecule has 0 bridgehead atoms. The van der Waals surface area contributed by atoms with Crippen molar-refractivity contribution >= 4 is 46.2 Å². The molecule has 3 amide bonds. The third-order valence-electron chi connectivity index (χ3n) is 5.70. The van der Waals surface area contributed by atoms with Gasteiger partial charge in [-0.05, 0) is 42.0 Å². The second kappa shape index (κ2) is 10.8. The molecule has 9 nitrogen and oxygen atoms in total. The van der Waals surface area contributed by atoms with Gasteiger partial charge in [0.05, 0.1) is 30.7 Å². The Labute approximate surface area is 215 Å². The van der Waals surface area contributed by atoms with Crippen molar-refractivity contribution in [3.8, 4) is 0 Å². The third kappa shape index (κ3) is 5.61. The van der Waals surface area contributed by atoms with Crippen LogP contribution in [0.2, 0.25) is 0 Å². The Morgan fingerprint density at radius 1 is 1.00 bits per heavy atom. The first-order valence-corrected chi connectivity index (χ1v) is 12.5. The summed E-state index contributed by atoms with van der Waals surface area (Å²) in [7, 11) is 0. The van der Waals surface area contributed by atoms with Crippen LogP contribution in [0.25, 0.3) is 0 Å². The summed E-state index contributed by atoms with van der Waals surface area (Å²) in [6.45, 7) is 0.463. The molecule has 0 fully saturated rings. The molecule has 0 saturated heterocycles. The molecule has 11 heteroatoms. The molecule has 2 aliphatic rings. The number of amides is 3. The number of thioether (sulfide) groups is 1. The molecule has 3 aromatic rings. The summed E-state index contributed by atoms with van der Waals surface area (Å²) in [6, 6.07) is 15.6. The molecule has 2 aliphatic heterocycles. The SMILES string of the molecule is O=C(CSC1=Nc2ccccc2C2=NC(CC(=O)NCc3ccc(F)cc3)C(=O)N12)NCc1ccco1. The van der Waals surface area contributed by atoms with Gasteiger partial charge in [-0.1, -0.05) is 36.0 Å². The molecule has 37 heavy (non-hydrogen) atoms. The molecule has 188 valence electrons. The lowest BCUT2D eigenvalue weighted by atomic mass is 10.1. The molecule has 0 radical (unpaired) electrons. The molecule has 0 aliphatic carbocycles. The van der Waals surface area contributed by atoms with Crippen LogP contribution in [0.4, 0.5) is 10.1 Å². The van der Waals surface area contributed by atoms with Crippen molar-refractivity contribution in [3.05, 3.63) is 89.6 Å². The minimum atomic E-state index is -0.923. The maximum atomic E-state index is 13.3. The van der Waals surface area contributed by atoms with E-state index in [1.165, 1.54) is 23.3 Å². The highest BCUT2D eigenvalue weighted by atomic mass is 32.2. The van der Waals surface area contributed by atoms with E-state index in [1.807, 2.05) is 18.2 Å². The molecule has 1 unspecified atom stereocenters. The van der Waals surface area contributed by atoms with Gasteiger partial charge in [-0.25, -0.2) is 14.3 Å². The van der Waals surface area contributed by atoms with Gasteiger partial charge in [-0.2, -0.15) is 0 Å². The number of carbonyl (C=O) groups excluding carboxylic acids is 3. The van der Waals surface area contributed by atoms with E-state index in [0.717, 1.165) is 17.3 Å². The molecule has 3 heterocycles. The van der Waals surface area contributed by atoms with Gasteiger partial charge in [0.25, 0.3) is 5.91 Å². The van der Waals surface area contributed by atoms with E-state index in [2.05, 4.69) is 20.6 Å². The predicted octanol–water partition coefficient (Wildman–Crippen LogP) is 3.13. The summed E-state index contributed by atoms with van der Waals surface area (Å²) in [5.41, 5.74) is 2.04. The van der Waals surface area contributed by atoms with Gasteiger partial charge in [0, 0.05) is 12.1 Å². The molecule has 1 atom stereocenters. The summed E-state index contributed by atoms with van der Waals surface area (Å²) in [6.07, 6.45) is 1.38. The van der Waals surface area contributed by atoms with Crippen molar-refractivity contribution in [1.82, 2.24) is 15.5 Å². The zero-order valence-electron chi connectivity index (χ0n) is 19.5. The van der Waals surface area contributed by atoms with Crippen molar-refractivity contribution in [1.29, 1.82) is 0 Å². The van der Waals surface area contributed by atoms with Gasteiger partial charge in [0.2, 0.25) is 11.8 Å². The summed E-state index contributed by atoms with van der Waals surface area (Å²) >= 11 is 1.12.